The number of hydrogen-bond acceptors (Lipinski definition) is 5. The summed E-state index contributed by atoms with van der Waals surface area (Å²) < 4.78 is 5.36. The number of nitrogens with zero attached hydrogens (tertiary/aromatic N) is 3. The van der Waals surface area contributed by atoms with Gasteiger partial charge in [-0.25, -0.2) is 4.98 Å². The van der Waals surface area contributed by atoms with Gasteiger partial charge in [0, 0.05) is 18.5 Å². The Morgan fingerprint density at radius 2 is 1.93 bits per heavy atom. The minimum atomic E-state index is -0.177. The van der Waals surface area contributed by atoms with E-state index in [9.17, 15) is 4.79 Å². The third-order valence-corrected chi connectivity index (χ3v) is 4.75. The second kappa shape index (κ2) is 7.32. The summed E-state index contributed by atoms with van der Waals surface area (Å²) in [6, 6.07) is 11.7. The smallest absolute Gasteiger partial charge is 0.257 e. The summed E-state index contributed by atoms with van der Waals surface area (Å²) >= 11 is 0. The molecule has 0 unspecified atom stereocenters. The van der Waals surface area contributed by atoms with E-state index >= 15 is 0 Å². The van der Waals surface area contributed by atoms with Crippen molar-refractivity contribution >= 4 is 28.3 Å². The summed E-state index contributed by atoms with van der Waals surface area (Å²) in [7, 11) is 0. The molecule has 138 valence electrons. The second-order valence-electron chi connectivity index (χ2n) is 6.78. The lowest BCUT2D eigenvalue weighted by atomic mass is 10.1. The van der Waals surface area contributed by atoms with Crippen LogP contribution in [0.25, 0.3) is 10.9 Å². The molecular weight excluding hydrogens is 340 g/mol. The highest BCUT2D eigenvalue weighted by atomic mass is 16.5. The highest BCUT2D eigenvalue weighted by Gasteiger charge is 2.14. The number of carbonyl (C=O) groups is 1. The number of amides is 1. The van der Waals surface area contributed by atoms with Crippen LogP contribution < -0.4 is 10.2 Å². The van der Waals surface area contributed by atoms with E-state index in [1.807, 2.05) is 50.2 Å². The first-order valence-corrected chi connectivity index (χ1v) is 9.08. The van der Waals surface area contributed by atoms with Crippen molar-refractivity contribution < 1.29 is 9.53 Å². The number of aryl methyl sites for hydroxylation is 2. The molecule has 6 heteroatoms. The molecule has 1 aliphatic heterocycles. The first kappa shape index (κ1) is 17.4. The average molecular weight is 362 g/mol. The van der Waals surface area contributed by atoms with E-state index in [1.165, 1.54) is 0 Å². The summed E-state index contributed by atoms with van der Waals surface area (Å²) in [4.78, 5) is 24.0. The Bertz CT molecular complexity index is 979. The number of morpholine rings is 1. The number of aromatic nitrogens is 2. The molecule has 0 spiro atoms. The van der Waals surface area contributed by atoms with Gasteiger partial charge in [-0.05, 0) is 43.7 Å². The Morgan fingerprint density at radius 3 is 2.67 bits per heavy atom. The number of ether oxygens (including phenoxy) is 1. The van der Waals surface area contributed by atoms with Crippen molar-refractivity contribution in [1.29, 1.82) is 0 Å². The highest BCUT2D eigenvalue weighted by molar-refractivity contribution is 6.06. The summed E-state index contributed by atoms with van der Waals surface area (Å²) in [6.45, 7) is 6.99. The van der Waals surface area contributed by atoms with Crippen molar-refractivity contribution in [2.24, 2.45) is 0 Å². The molecule has 1 aliphatic rings. The molecule has 2 aromatic heterocycles. The maximum absolute atomic E-state index is 12.7. The number of rotatable bonds is 3. The number of pyridine rings is 2. The minimum absolute atomic E-state index is 0.177. The van der Waals surface area contributed by atoms with E-state index in [2.05, 4.69) is 20.2 Å². The van der Waals surface area contributed by atoms with Crippen molar-refractivity contribution in [2.45, 2.75) is 13.8 Å². The topological polar surface area (TPSA) is 67.4 Å². The SMILES string of the molecule is Cc1ccc2cc(C(=O)Nc3ccc(N4CCOCC4)nc3)c(C)nc2c1. The quantitative estimate of drug-likeness (QED) is 0.774. The van der Waals surface area contributed by atoms with Crippen LogP contribution in [0.15, 0.2) is 42.6 Å². The number of carbonyl (C=O) groups excluding carboxylic acids is 1. The largest absolute Gasteiger partial charge is 0.378 e. The first-order valence-electron chi connectivity index (χ1n) is 9.08. The van der Waals surface area contributed by atoms with Crippen molar-refractivity contribution in [3.63, 3.8) is 0 Å². The van der Waals surface area contributed by atoms with Gasteiger partial charge in [0.1, 0.15) is 5.82 Å². The third kappa shape index (κ3) is 3.75. The number of benzene rings is 1. The van der Waals surface area contributed by atoms with Crippen LogP contribution >= 0.6 is 0 Å². The van der Waals surface area contributed by atoms with Crippen LogP contribution in [-0.4, -0.2) is 42.2 Å². The van der Waals surface area contributed by atoms with Crippen LogP contribution in [0, 0.1) is 13.8 Å². The van der Waals surface area contributed by atoms with Crippen LogP contribution in [-0.2, 0) is 4.74 Å². The number of fused-ring (bicyclic) bond motifs is 1. The minimum Gasteiger partial charge on any atom is -0.378 e. The molecule has 3 heterocycles. The molecule has 0 radical (unpaired) electrons. The van der Waals surface area contributed by atoms with Crippen molar-refractivity contribution in [3.05, 3.63) is 59.4 Å². The molecule has 6 nitrogen and oxygen atoms in total. The molecule has 4 rings (SSSR count). The summed E-state index contributed by atoms with van der Waals surface area (Å²) in [5.74, 6) is 0.721. The van der Waals surface area contributed by atoms with Gasteiger partial charge < -0.3 is 15.0 Å². The number of anilines is 2. The van der Waals surface area contributed by atoms with Gasteiger partial charge in [0.25, 0.3) is 5.91 Å². The zero-order chi connectivity index (χ0) is 18.8. The second-order valence-corrected chi connectivity index (χ2v) is 6.78. The van der Waals surface area contributed by atoms with Gasteiger partial charge in [0.15, 0.2) is 0 Å². The Hall–Kier alpha value is -2.99. The van der Waals surface area contributed by atoms with Gasteiger partial charge >= 0.3 is 0 Å². The maximum Gasteiger partial charge on any atom is 0.257 e. The standard InChI is InChI=1S/C21H22N4O2/c1-14-3-4-16-12-18(15(2)23-19(16)11-14)21(26)24-17-5-6-20(22-13-17)25-7-9-27-10-8-25/h3-6,11-13H,7-10H2,1-2H3,(H,24,26). The van der Waals surface area contributed by atoms with Gasteiger partial charge in [-0.2, -0.15) is 0 Å². The lowest BCUT2D eigenvalue weighted by molar-refractivity contribution is 0.102. The maximum atomic E-state index is 12.7. The molecule has 0 bridgehead atoms. The predicted molar refractivity (Wildman–Crippen MR) is 106 cm³/mol. The van der Waals surface area contributed by atoms with Crippen LogP contribution in [0.3, 0.4) is 0 Å². The van der Waals surface area contributed by atoms with Crippen molar-refractivity contribution in [2.75, 3.05) is 36.5 Å². The van der Waals surface area contributed by atoms with Crippen molar-refractivity contribution in [1.82, 2.24) is 9.97 Å². The van der Waals surface area contributed by atoms with Crippen LogP contribution in [0.5, 0.6) is 0 Å². The Balaban J connectivity index is 1.52. The fraction of sp³-hybridized carbons (Fsp3) is 0.286. The molecule has 1 aromatic carbocycles. The zero-order valence-corrected chi connectivity index (χ0v) is 15.5. The van der Waals surface area contributed by atoms with Gasteiger partial charge in [0.2, 0.25) is 0 Å². The van der Waals surface area contributed by atoms with E-state index in [0.29, 0.717) is 30.2 Å². The van der Waals surface area contributed by atoms with Crippen LogP contribution in [0.4, 0.5) is 11.5 Å². The third-order valence-electron chi connectivity index (χ3n) is 4.75. The molecule has 0 atom stereocenters. The Kier molecular flexibility index (Phi) is 4.73. The summed E-state index contributed by atoms with van der Waals surface area (Å²) in [6.07, 6.45) is 1.69. The van der Waals surface area contributed by atoms with E-state index in [0.717, 1.165) is 35.4 Å². The Morgan fingerprint density at radius 1 is 1.11 bits per heavy atom. The predicted octanol–water partition coefficient (Wildman–Crippen LogP) is 3.34. The molecule has 27 heavy (non-hydrogen) atoms. The highest BCUT2D eigenvalue weighted by Crippen LogP contribution is 2.20. The van der Waals surface area contributed by atoms with E-state index < -0.39 is 0 Å². The fourth-order valence-corrected chi connectivity index (χ4v) is 3.24. The molecule has 0 saturated carbocycles. The fourth-order valence-electron chi connectivity index (χ4n) is 3.24. The summed E-state index contributed by atoms with van der Waals surface area (Å²) in [5, 5.41) is 3.88. The van der Waals surface area contributed by atoms with Gasteiger partial charge in [-0.3, -0.25) is 9.78 Å². The molecule has 3 aromatic rings. The molecule has 1 N–H and O–H groups in total. The molecule has 1 amide bonds. The van der Waals surface area contributed by atoms with E-state index in [1.54, 1.807) is 6.20 Å². The van der Waals surface area contributed by atoms with Crippen LogP contribution in [0.1, 0.15) is 21.6 Å². The van der Waals surface area contributed by atoms with E-state index in [4.69, 9.17) is 4.74 Å². The Labute approximate surface area is 158 Å². The normalized spacial score (nSPS) is 14.4. The monoisotopic (exact) mass is 362 g/mol. The number of nitrogens with one attached hydrogen (secondary N) is 1. The molecular formula is C21H22N4O2. The lowest BCUT2D eigenvalue weighted by Crippen LogP contribution is -2.36. The van der Waals surface area contributed by atoms with Gasteiger partial charge in [0.05, 0.1) is 41.9 Å². The van der Waals surface area contributed by atoms with Gasteiger partial charge in [-0.1, -0.05) is 12.1 Å². The molecule has 1 saturated heterocycles. The lowest BCUT2D eigenvalue weighted by Gasteiger charge is -2.27. The van der Waals surface area contributed by atoms with Crippen molar-refractivity contribution in [3.8, 4) is 0 Å². The zero-order valence-electron chi connectivity index (χ0n) is 15.5. The number of hydrogen-bond donors (Lipinski definition) is 1. The molecule has 0 aliphatic carbocycles. The van der Waals surface area contributed by atoms with Crippen LogP contribution in [0.2, 0.25) is 0 Å². The molecule has 1 fully saturated rings. The average Bonchev–Trinajstić information content (AvgIpc) is 2.68. The van der Waals surface area contributed by atoms with E-state index in [-0.39, 0.29) is 5.91 Å². The van der Waals surface area contributed by atoms with Gasteiger partial charge in [-0.15, -0.1) is 0 Å². The first-order chi connectivity index (χ1) is 13.1. The summed E-state index contributed by atoms with van der Waals surface area (Å²) in [5.41, 5.74) is 4.01.